The van der Waals surface area contributed by atoms with Gasteiger partial charge in [-0.05, 0) is 58.7 Å². The minimum atomic E-state index is -0.291. The molecule has 4 rings (SSSR count). The van der Waals surface area contributed by atoms with Gasteiger partial charge in [-0.2, -0.15) is 0 Å². The SMILES string of the molecule is CN1CCC(c2cncc(N3CC4(CCCCC4)OC3=O)n2)CC1. The van der Waals surface area contributed by atoms with E-state index in [4.69, 9.17) is 9.72 Å². The highest BCUT2D eigenvalue weighted by molar-refractivity contribution is 5.89. The first-order valence-electron chi connectivity index (χ1n) is 9.16. The molecular formula is C18H26N4O2. The average Bonchev–Trinajstić information content (AvgIpc) is 2.92. The first-order valence-corrected chi connectivity index (χ1v) is 9.16. The largest absolute Gasteiger partial charge is 0.441 e. The molecule has 6 heteroatoms. The molecule has 0 bridgehead atoms. The van der Waals surface area contributed by atoms with Gasteiger partial charge in [-0.1, -0.05) is 6.42 Å². The van der Waals surface area contributed by atoms with Gasteiger partial charge in [0.15, 0.2) is 5.82 Å². The van der Waals surface area contributed by atoms with Gasteiger partial charge in [0, 0.05) is 12.1 Å². The van der Waals surface area contributed by atoms with Crippen LogP contribution in [0.4, 0.5) is 10.6 Å². The van der Waals surface area contributed by atoms with E-state index < -0.39 is 0 Å². The third-order valence-electron chi connectivity index (χ3n) is 5.79. The molecule has 130 valence electrons. The number of piperidine rings is 1. The zero-order chi connectivity index (χ0) is 16.6. The zero-order valence-electron chi connectivity index (χ0n) is 14.4. The molecule has 1 amide bonds. The summed E-state index contributed by atoms with van der Waals surface area (Å²) in [4.78, 5) is 25.6. The van der Waals surface area contributed by atoms with E-state index in [1.165, 1.54) is 6.42 Å². The Bertz CT molecular complexity index is 607. The Labute approximate surface area is 143 Å². The van der Waals surface area contributed by atoms with E-state index in [-0.39, 0.29) is 11.7 Å². The Hall–Kier alpha value is -1.69. The number of hydrogen-bond donors (Lipinski definition) is 0. The molecule has 3 heterocycles. The lowest BCUT2D eigenvalue weighted by Gasteiger charge is -2.30. The van der Waals surface area contributed by atoms with Gasteiger partial charge >= 0.3 is 6.09 Å². The van der Waals surface area contributed by atoms with Crippen LogP contribution in [0.1, 0.15) is 56.6 Å². The van der Waals surface area contributed by atoms with Crippen LogP contribution in [-0.2, 0) is 4.74 Å². The van der Waals surface area contributed by atoms with Crippen LogP contribution in [0.25, 0.3) is 0 Å². The molecule has 0 radical (unpaired) electrons. The second-order valence-electron chi connectivity index (χ2n) is 7.58. The Kier molecular flexibility index (Phi) is 4.16. The molecule has 1 aromatic rings. The summed E-state index contributed by atoms with van der Waals surface area (Å²) >= 11 is 0. The summed E-state index contributed by atoms with van der Waals surface area (Å²) in [6.45, 7) is 2.80. The summed E-state index contributed by atoms with van der Waals surface area (Å²) in [6.07, 6.45) is 11.0. The maximum atomic E-state index is 12.4. The molecule has 0 aromatic carbocycles. The third kappa shape index (κ3) is 2.99. The summed E-state index contributed by atoms with van der Waals surface area (Å²) in [6, 6.07) is 0. The molecule has 2 aliphatic heterocycles. The van der Waals surface area contributed by atoms with Crippen LogP contribution >= 0.6 is 0 Å². The number of likely N-dealkylation sites (tertiary alicyclic amines) is 1. The van der Waals surface area contributed by atoms with Crippen molar-refractivity contribution >= 4 is 11.9 Å². The molecule has 0 unspecified atom stereocenters. The van der Waals surface area contributed by atoms with Crippen molar-refractivity contribution in [3.8, 4) is 0 Å². The summed E-state index contributed by atoms with van der Waals surface area (Å²) < 4.78 is 5.77. The van der Waals surface area contributed by atoms with Crippen LogP contribution in [0, 0.1) is 0 Å². The molecular weight excluding hydrogens is 304 g/mol. The first kappa shape index (κ1) is 15.8. The van der Waals surface area contributed by atoms with Gasteiger partial charge in [-0.25, -0.2) is 9.78 Å². The molecule has 1 aromatic heterocycles. The van der Waals surface area contributed by atoms with Gasteiger partial charge in [0.25, 0.3) is 0 Å². The van der Waals surface area contributed by atoms with Crippen molar-refractivity contribution in [3.05, 3.63) is 18.1 Å². The predicted molar refractivity (Wildman–Crippen MR) is 91.1 cm³/mol. The number of carbonyl (C=O) groups excluding carboxylic acids is 1. The number of ether oxygens (including phenoxy) is 1. The fourth-order valence-corrected chi connectivity index (χ4v) is 4.26. The van der Waals surface area contributed by atoms with E-state index in [0.717, 1.165) is 57.3 Å². The second-order valence-corrected chi connectivity index (χ2v) is 7.58. The maximum Gasteiger partial charge on any atom is 0.416 e. The van der Waals surface area contributed by atoms with E-state index in [0.29, 0.717) is 18.3 Å². The number of aromatic nitrogens is 2. The normalized spacial score (nSPS) is 25.2. The van der Waals surface area contributed by atoms with E-state index in [1.54, 1.807) is 11.1 Å². The van der Waals surface area contributed by atoms with Gasteiger partial charge in [0.05, 0.1) is 18.4 Å². The van der Waals surface area contributed by atoms with Gasteiger partial charge in [-0.15, -0.1) is 0 Å². The molecule has 3 fully saturated rings. The third-order valence-corrected chi connectivity index (χ3v) is 5.79. The van der Waals surface area contributed by atoms with E-state index >= 15 is 0 Å². The minimum Gasteiger partial charge on any atom is -0.441 e. The molecule has 6 nitrogen and oxygen atoms in total. The summed E-state index contributed by atoms with van der Waals surface area (Å²) in [5.74, 6) is 1.09. The smallest absolute Gasteiger partial charge is 0.416 e. The number of hydrogen-bond acceptors (Lipinski definition) is 5. The van der Waals surface area contributed by atoms with E-state index in [1.807, 2.05) is 6.20 Å². The van der Waals surface area contributed by atoms with Crippen molar-refractivity contribution < 1.29 is 9.53 Å². The number of anilines is 1. The van der Waals surface area contributed by atoms with Crippen molar-refractivity contribution in [2.24, 2.45) is 0 Å². The summed E-state index contributed by atoms with van der Waals surface area (Å²) in [7, 11) is 2.15. The monoisotopic (exact) mass is 330 g/mol. The number of amides is 1. The second kappa shape index (κ2) is 6.31. The van der Waals surface area contributed by atoms with Crippen LogP contribution in [0.2, 0.25) is 0 Å². The van der Waals surface area contributed by atoms with Gasteiger partial charge in [0.1, 0.15) is 5.60 Å². The van der Waals surface area contributed by atoms with Crippen LogP contribution in [0.5, 0.6) is 0 Å². The van der Waals surface area contributed by atoms with E-state index in [9.17, 15) is 4.79 Å². The average molecular weight is 330 g/mol. The molecule has 0 atom stereocenters. The van der Waals surface area contributed by atoms with Gasteiger partial charge in [-0.3, -0.25) is 9.88 Å². The lowest BCUT2D eigenvalue weighted by molar-refractivity contribution is 0.0260. The number of rotatable bonds is 2. The topological polar surface area (TPSA) is 58.6 Å². The fourth-order valence-electron chi connectivity index (χ4n) is 4.26. The van der Waals surface area contributed by atoms with Gasteiger partial charge in [0.2, 0.25) is 0 Å². The lowest BCUT2D eigenvalue weighted by Crippen LogP contribution is -2.36. The maximum absolute atomic E-state index is 12.4. The zero-order valence-corrected chi connectivity index (χ0v) is 14.4. The van der Waals surface area contributed by atoms with Crippen molar-refractivity contribution in [1.29, 1.82) is 0 Å². The quantitative estimate of drug-likeness (QED) is 0.834. The van der Waals surface area contributed by atoms with Crippen LogP contribution in [0.3, 0.4) is 0 Å². The standard InChI is InChI=1S/C18H26N4O2/c1-21-9-5-14(6-10-21)15-11-19-12-16(20-15)22-13-18(24-17(22)23)7-3-2-4-8-18/h11-12,14H,2-10,13H2,1H3. The molecule has 2 saturated heterocycles. The molecule has 0 N–H and O–H groups in total. The van der Waals surface area contributed by atoms with Crippen LogP contribution in [0.15, 0.2) is 12.4 Å². The predicted octanol–water partition coefficient (Wildman–Crippen LogP) is 2.95. The van der Waals surface area contributed by atoms with E-state index in [2.05, 4.69) is 16.9 Å². The minimum absolute atomic E-state index is 0.258. The summed E-state index contributed by atoms with van der Waals surface area (Å²) in [5, 5.41) is 0. The molecule has 3 aliphatic rings. The Morgan fingerprint density at radius 1 is 1.17 bits per heavy atom. The molecule has 1 aliphatic carbocycles. The highest BCUT2D eigenvalue weighted by Crippen LogP contribution is 2.38. The van der Waals surface area contributed by atoms with Crippen LogP contribution in [-0.4, -0.2) is 53.2 Å². The summed E-state index contributed by atoms with van der Waals surface area (Å²) in [5.41, 5.74) is 0.721. The van der Waals surface area contributed by atoms with Crippen molar-refractivity contribution in [2.75, 3.05) is 31.6 Å². The van der Waals surface area contributed by atoms with Gasteiger partial charge < -0.3 is 9.64 Å². The Balaban J connectivity index is 1.52. The van der Waals surface area contributed by atoms with Crippen molar-refractivity contribution in [2.45, 2.75) is 56.5 Å². The molecule has 24 heavy (non-hydrogen) atoms. The lowest BCUT2D eigenvalue weighted by atomic mass is 9.85. The Morgan fingerprint density at radius 3 is 2.67 bits per heavy atom. The molecule has 1 spiro atoms. The van der Waals surface area contributed by atoms with Crippen molar-refractivity contribution in [3.63, 3.8) is 0 Å². The highest BCUT2D eigenvalue weighted by Gasteiger charge is 2.46. The Morgan fingerprint density at radius 2 is 1.92 bits per heavy atom. The first-order chi connectivity index (χ1) is 11.7. The highest BCUT2D eigenvalue weighted by atomic mass is 16.6. The van der Waals surface area contributed by atoms with Crippen molar-refractivity contribution in [1.82, 2.24) is 14.9 Å². The molecule has 1 saturated carbocycles. The van der Waals surface area contributed by atoms with Crippen LogP contribution < -0.4 is 4.90 Å². The number of nitrogens with zero attached hydrogens (tertiary/aromatic N) is 4. The number of carbonyl (C=O) groups is 1. The fraction of sp³-hybridized carbons (Fsp3) is 0.722.